The zero-order valence-corrected chi connectivity index (χ0v) is 10.3. The Morgan fingerprint density at radius 2 is 2.35 bits per heavy atom. The molecule has 90 valence electrons. The highest BCUT2D eigenvalue weighted by molar-refractivity contribution is 5.51. The van der Waals surface area contributed by atoms with Crippen LogP contribution in [0.2, 0.25) is 0 Å². The summed E-state index contributed by atoms with van der Waals surface area (Å²) in [6.45, 7) is 4.10. The highest BCUT2D eigenvalue weighted by atomic mass is 15.2. The molecule has 0 aromatic heterocycles. The van der Waals surface area contributed by atoms with Crippen LogP contribution in [-0.4, -0.2) is 17.5 Å². The topological polar surface area (TPSA) is 53.0 Å². The normalized spacial score (nSPS) is 17.2. The van der Waals surface area contributed by atoms with Crippen molar-refractivity contribution in [2.24, 2.45) is 0 Å². The molecule has 1 aromatic rings. The summed E-state index contributed by atoms with van der Waals surface area (Å²) in [6, 6.07) is 8.81. The molecule has 1 heterocycles. The van der Waals surface area contributed by atoms with Crippen molar-refractivity contribution in [2.75, 3.05) is 12.3 Å². The largest absolute Gasteiger partial charge is 0.398 e. The molecule has 0 aliphatic carbocycles. The second-order valence-electron chi connectivity index (χ2n) is 4.63. The van der Waals surface area contributed by atoms with Crippen molar-refractivity contribution in [1.29, 1.82) is 5.26 Å². The van der Waals surface area contributed by atoms with Crippen molar-refractivity contribution >= 4 is 5.69 Å². The molecular weight excluding hydrogens is 210 g/mol. The average Bonchev–Trinajstić information content (AvgIpc) is 2.36. The summed E-state index contributed by atoms with van der Waals surface area (Å²) in [7, 11) is 0. The van der Waals surface area contributed by atoms with Crippen LogP contribution in [0.1, 0.15) is 30.9 Å². The van der Waals surface area contributed by atoms with Crippen LogP contribution >= 0.6 is 0 Å². The second-order valence-corrected chi connectivity index (χ2v) is 4.63. The molecule has 1 atom stereocenters. The predicted molar refractivity (Wildman–Crippen MR) is 69.3 cm³/mol. The molecule has 3 nitrogen and oxygen atoms in total. The molecular formula is C14H19N3. The first-order valence-electron chi connectivity index (χ1n) is 6.23. The van der Waals surface area contributed by atoms with E-state index in [4.69, 9.17) is 11.0 Å². The lowest BCUT2D eigenvalue weighted by Crippen LogP contribution is -2.39. The van der Waals surface area contributed by atoms with Gasteiger partial charge in [0, 0.05) is 24.8 Å². The van der Waals surface area contributed by atoms with Gasteiger partial charge < -0.3 is 5.73 Å². The molecule has 1 aliphatic rings. The minimum atomic E-state index is 0.384. The summed E-state index contributed by atoms with van der Waals surface area (Å²) < 4.78 is 0. The van der Waals surface area contributed by atoms with Gasteiger partial charge in [0.25, 0.3) is 0 Å². The van der Waals surface area contributed by atoms with Crippen LogP contribution in [0.25, 0.3) is 0 Å². The van der Waals surface area contributed by atoms with Crippen LogP contribution in [0.3, 0.4) is 0 Å². The Kier molecular flexibility index (Phi) is 3.65. The lowest BCUT2D eigenvalue weighted by Gasteiger charge is -2.34. The van der Waals surface area contributed by atoms with Gasteiger partial charge in [0.1, 0.15) is 0 Å². The van der Waals surface area contributed by atoms with Gasteiger partial charge in [-0.1, -0.05) is 19.1 Å². The molecule has 2 rings (SSSR count). The first-order chi connectivity index (χ1) is 8.26. The molecule has 17 heavy (non-hydrogen) atoms. The molecule has 1 unspecified atom stereocenters. The van der Waals surface area contributed by atoms with Gasteiger partial charge >= 0.3 is 0 Å². The summed E-state index contributed by atoms with van der Waals surface area (Å²) in [4.78, 5) is 2.41. The molecule has 0 saturated carbocycles. The summed E-state index contributed by atoms with van der Waals surface area (Å²) in [5.74, 6) is 0. The molecule has 3 heteroatoms. The van der Waals surface area contributed by atoms with Crippen molar-refractivity contribution < 1.29 is 0 Å². The SMILES string of the molecule is CCC(CC#N)N1CCc2c(N)cccc2C1. The van der Waals surface area contributed by atoms with E-state index in [0.717, 1.165) is 31.6 Å². The van der Waals surface area contributed by atoms with Gasteiger partial charge in [0.2, 0.25) is 0 Å². The molecule has 0 amide bonds. The van der Waals surface area contributed by atoms with Crippen molar-refractivity contribution in [3.8, 4) is 6.07 Å². The van der Waals surface area contributed by atoms with E-state index in [9.17, 15) is 0 Å². The molecule has 0 saturated heterocycles. The standard InChI is InChI=1S/C14H19N3/c1-2-12(6-8-15)17-9-7-13-11(10-17)4-3-5-14(13)16/h3-5,12H,2,6-7,9-10,16H2,1H3. The number of nitrogens with two attached hydrogens (primary N) is 1. The van der Waals surface area contributed by atoms with Crippen LogP contribution < -0.4 is 5.73 Å². The van der Waals surface area contributed by atoms with Crippen molar-refractivity contribution in [2.45, 2.75) is 38.8 Å². The number of nitriles is 1. The van der Waals surface area contributed by atoms with Gasteiger partial charge in [0.15, 0.2) is 0 Å². The van der Waals surface area contributed by atoms with E-state index in [2.05, 4.69) is 24.0 Å². The lowest BCUT2D eigenvalue weighted by atomic mass is 9.96. The maximum atomic E-state index is 8.84. The minimum Gasteiger partial charge on any atom is -0.398 e. The number of anilines is 1. The zero-order valence-electron chi connectivity index (χ0n) is 10.3. The van der Waals surface area contributed by atoms with Gasteiger partial charge in [-0.3, -0.25) is 4.90 Å². The van der Waals surface area contributed by atoms with Crippen LogP contribution in [-0.2, 0) is 13.0 Å². The lowest BCUT2D eigenvalue weighted by molar-refractivity contribution is 0.176. The molecule has 1 aromatic carbocycles. The zero-order chi connectivity index (χ0) is 12.3. The van der Waals surface area contributed by atoms with E-state index in [0.29, 0.717) is 12.5 Å². The van der Waals surface area contributed by atoms with E-state index in [-0.39, 0.29) is 0 Å². The van der Waals surface area contributed by atoms with Gasteiger partial charge in [-0.25, -0.2) is 0 Å². The number of hydrogen-bond donors (Lipinski definition) is 1. The third-order valence-corrected chi connectivity index (χ3v) is 3.65. The minimum absolute atomic E-state index is 0.384. The Morgan fingerprint density at radius 3 is 3.06 bits per heavy atom. The number of nitrogen functional groups attached to an aromatic ring is 1. The van der Waals surface area contributed by atoms with E-state index in [1.54, 1.807) is 0 Å². The molecule has 0 fully saturated rings. The average molecular weight is 229 g/mol. The number of hydrogen-bond acceptors (Lipinski definition) is 3. The van der Waals surface area contributed by atoms with E-state index in [1.807, 2.05) is 12.1 Å². The summed E-state index contributed by atoms with van der Waals surface area (Å²) in [5, 5.41) is 8.84. The van der Waals surface area contributed by atoms with Crippen LogP contribution in [0.5, 0.6) is 0 Å². The third-order valence-electron chi connectivity index (χ3n) is 3.65. The highest BCUT2D eigenvalue weighted by Gasteiger charge is 2.22. The molecule has 1 aliphatic heterocycles. The van der Waals surface area contributed by atoms with E-state index >= 15 is 0 Å². The fourth-order valence-corrected chi connectivity index (χ4v) is 2.61. The Hall–Kier alpha value is -1.53. The van der Waals surface area contributed by atoms with Crippen LogP contribution in [0, 0.1) is 11.3 Å². The monoisotopic (exact) mass is 229 g/mol. The van der Waals surface area contributed by atoms with Crippen molar-refractivity contribution in [3.05, 3.63) is 29.3 Å². The smallest absolute Gasteiger partial charge is 0.0638 e. The number of benzene rings is 1. The Morgan fingerprint density at radius 1 is 1.53 bits per heavy atom. The second kappa shape index (κ2) is 5.20. The van der Waals surface area contributed by atoms with Crippen molar-refractivity contribution in [3.63, 3.8) is 0 Å². The Balaban J connectivity index is 2.16. The first-order valence-corrected chi connectivity index (χ1v) is 6.23. The van der Waals surface area contributed by atoms with Crippen LogP contribution in [0.15, 0.2) is 18.2 Å². The Labute approximate surface area is 103 Å². The molecule has 0 radical (unpaired) electrons. The van der Waals surface area contributed by atoms with Gasteiger partial charge in [-0.05, 0) is 30.0 Å². The number of fused-ring (bicyclic) bond motifs is 1. The Bertz CT molecular complexity index is 434. The molecule has 2 N–H and O–H groups in total. The first kappa shape index (κ1) is 11.9. The third kappa shape index (κ3) is 2.42. The number of nitrogens with zero attached hydrogens (tertiary/aromatic N) is 2. The number of rotatable bonds is 3. The summed E-state index contributed by atoms with van der Waals surface area (Å²) >= 11 is 0. The van der Waals surface area contributed by atoms with E-state index < -0.39 is 0 Å². The fraction of sp³-hybridized carbons (Fsp3) is 0.500. The summed E-state index contributed by atoms with van der Waals surface area (Å²) in [6.07, 6.45) is 2.66. The highest BCUT2D eigenvalue weighted by Crippen LogP contribution is 2.26. The van der Waals surface area contributed by atoms with Gasteiger partial charge in [-0.15, -0.1) is 0 Å². The maximum Gasteiger partial charge on any atom is 0.0638 e. The molecule has 0 spiro atoms. The maximum absolute atomic E-state index is 8.84. The summed E-state index contributed by atoms with van der Waals surface area (Å²) in [5.41, 5.74) is 9.52. The van der Waals surface area contributed by atoms with Gasteiger partial charge in [0.05, 0.1) is 12.5 Å². The predicted octanol–water partition coefficient (Wildman–Crippen LogP) is 2.32. The quantitative estimate of drug-likeness (QED) is 0.809. The fourth-order valence-electron chi connectivity index (χ4n) is 2.61. The van der Waals surface area contributed by atoms with Gasteiger partial charge in [-0.2, -0.15) is 5.26 Å². The molecule has 0 bridgehead atoms. The van der Waals surface area contributed by atoms with Crippen molar-refractivity contribution in [1.82, 2.24) is 4.90 Å². The van der Waals surface area contributed by atoms with E-state index in [1.165, 1.54) is 11.1 Å². The van der Waals surface area contributed by atoms with Crippen LogP contribution in [0.4, 0.5) is 5.69 Å².